The van der Waals surface area contributed by atoms with Crippen LogP contribution in [0.3, 0.4) is 0 Å². The third-order valence-electron chi connectivity index (χ3n) is 3.96. The quantitative estimate of drug-likeness (QED) is 0.846. The first-order valence-corrected chi connectivity index (χ1v) is 8.31. The molecule has 23 heavy (non-hydrogen) atoms. The van der Waals surface area contributed by atoms with E-state index in [-0.39, 0.29) is 5.75 Å². The molecule has 0 bridgehead atoms. The first kappa shape index (κ1) is 17.6. The van der Waals surface area contributed by atoms with Gasteiger partial charge in [0, 0.05) is 56.3 Å². The summed E-state index contributed by atoms with van der Waals surface area (Å²) in [6.45, 7) is 13.5. The van der Waals surface area contributed by atoms with Crippen LogP contribution in [0, 0.1) is 5.92 Å². The number of nitrogens with zero attached hydrogens (tertiary/aromatic N) is 3. The largest absolute Gasteiger partial charge is 0.505 e. The number of hydrogen-bond acceptors (Lipinski definition) is 5. The summed E-state index contributed by atoms with van der Waals surface area (Å²) >= 11 is 0. The molecule has 0 aliphatic carbocycles. The molecule has 0 saturated carbocycles. The van der Waals surface area contributed by atoms with Gasteiger partial charge in [0.2, 0.25) is 0 Å². The molecule has 1 heterocycles. The van der Waals surface area contributed by atoms with E-state index in [1.54, 1.807) is 13.2 Å². The highest BCUT2D eigenvalue weighted by Crippen LogP contribution is 2.41. The Labute approximate surface area is 139 Å². The highest BCUT2D eigenvalue weighted by Gasteiger charge is 2.20. The van der Waals surface area contributed by atoms with Gasteiger partial charge in [-0.3, -0.25) is 9.89 Å². The Hall–Kier alpha value is -1.75. The molecule has 1 fully saturated rings. The van der Waals surface area contributed by atoms with Crippen LogP contribution in [0.4, 0.5) is 11.4 Å². The van der Waals surface area contributed by atoms with Crippen LogP contribution in [0.2, 0.25) is 0 Å². The number of benzene rings is 1. The van der Waals surface area contributed by atoms with Gasteiger partial charge < -0.3 is 14.7 Å². The lowest BCUT2D eigenvalue weighted by atomic mass is 10.1. The average Bonchev–Trinajstić information content (AvgIpc) is 2.49. The molecule has 1 saturated heterocycles. The van der Waals surface area contributed by atoms with Gasteiger partial charge in [0.1, 0.15) is 17.2 Å². The SMILES string of the molecule is COc1cc(N2CCN(CC(C)C)CC2)cc(O)c1N=C(C)C. The second kappa shape index (κ2) is 7.68. The average molecular weight is 319 g/mol. The molecule has 2 rings (SSSR count). The Morgan fingerprint density at radius 2 is 1.87 bits per heavy atom. The zero-order valence-corrected chi connectivity index (χ0v) is 15.0. The van der Waals surface area contributed by atoms with Crippen molar-refractivity contribution in [3.63, 3.8) is 0 Å². The number of phenolic OH excluding ortho intramolecular Hbond substituents is 1. The van der Waals surface area contributed by atoms with Crippen molar-refractivity contribution >= 4 is 17.1 Å². The standard InChI is InChI=1S/C18H29N3O2/c1-13(2)12-20-6-8-21(9-7-20)15-10-16(22)18(19-14(3)4)17(11-15)23-5/h10-11,13,22H,6-9,12H2,1-5H3. The fraction of sp³-hybridized carbons (Fsp3) is 0.611. The smallest absolute Gasteiger partial charge is 0.150 e. The van der Waals surface area contributed by atoms with E-state index in [0.717, 1.165) is 44.1 Å². The van der Waals surface area contributed by atoms with Crippen molar-refractivity contribution in [2.24, 2.45) is 10.9 Å². The van der Waals surface area contributed by atoms with Crippen molar-refractivity contribution in [2.45, 2.75) is 27.7 Å². The van der Waals surface area contributed by atoms with Crippen molar-refractivity contribution in [3.05, 3.63) is 12.1 Å². The van der Waals surface area contributed by atoms with E-state index in [4.69, 9.17) is 4.74 Å². The predicted molar refractivity (Wildman–Crippen MR) is 96.6 cm³/mol. The molecule has 1 aromatic carbocycles. The fourth-order valence-corrected chi connectivity index (χ4v) is 2.96. The van der Waals surface area contributed by atoms with Crippen molar-refractivity contribution in [1.82, 2.24) is 4.90 Å². The molecule has 1 aliphatic heterocycles. The summed E-state index contributed by atoms with van der Waals surface area (Å²) in [5.41, 5.74) is 2.39. The number of methoxy groups -OCH3 is 1. The Balaban J connectivity index is 2.15. The second-order valence-electron chi connectivity index (χ2n) is 6.76. The van der Waals surface area contributed by atoms with Crippen LogP contribution in [0.1, 0.15) is 27.7 Å². The summed E-state index contributed by atoms with van der Waals surface area (Å²) in [4.78, 5) is 9.17. The number of anilines is 1. The third-order valence-corrected chi connectivity index (χ3v) is 3.96. The highest BCUT2D eigenvalue weighted by molar-refractivity contribution is 5.85. The fourth-order valence-electron chi connectivity index (χ4n) is 2.96. The van der Waals surface area contributed by atoms with Crippen LogP contribution in [-0.4, -0.2) is 55.6 Å². The summed E-state index contributed by atoms with van der Waals surface area (Å²) in [5.74, 6) is 1.48. The molecule has 0 radical (unpaired) electrons. The molecule has 1 N–H and O–H groups in total. The van der Waals surface area contributed by atoms with E-state index in [2.05, 4.69) is 28.6 Å². The third kappa shape index (κ3) is 4.61. The van der Waals surface area contributed by atoms with Crippen LogP contribution in [0.25, 0.3) is 0 Å². The molecule has 0 amide bonds. The maximum Gasteiger partial charge on any atom is 0.150 e. The van der Waals surface area contributed by atoms with Crippen LogP contribution in [0.15, 0.2) is 17.1 Å². The van der Waals surface area contributed by atoms with Gasteiger partial charge in [-0.05, 0) is 19.8 Å². The molecule has 1 aliphatic rings. The maximum atomic E-state index is 10.3. The second-order valence-corrected chi connectivity index (χ2v) is 6.76. The van der Waals surface area contributed by atoms with Crippen LogP contribution < -0.4 is 9.64 Å². The zero-order valence-electron chi connectivity index (χ0n) is 15.0. The molecule has 5 nitrogen and oxygen atoms in total. The Kier molecular flexibility index (Phi) is 5.88. The van der Waals surface area contributed by atoms with Gasteiger partial charge in [0.15, 0.2) is 0 Å². The molecule has 1 aromatic rings. The number of rotatable bonds is 5. The summed E-state index contributed by atoms with van der Waals surface area (Å²) in [7, 11) is 1.61. The normalized spacial score (nSPS) is 15.8. The minimum Gasteiger partial charge on any atom is -0.505 e. The van der Waals surface area contributed by atoms with Crippen molar-refractivity contribution < 1.29 is 9.84 Å². The number of phenols is 1. The maximum absolute atomic E-state index is 10.3. The molecule has 0 unspecified atom stereocenters. The highest BCUT2D eigenvalue weighted by atomic mass is 16.5. The van der Waals surface area contributed by atoms with Crippen molar-refractivity contribution in [1.29, 1.82) is 0 Å². The lowest BCUT2D eigenvalue weighted by molar-refractivity contribution is 0.231. The molecule has 0 spiro atoms. The summed E-state index contributed by atoms with van der Waals surface area (Å²) in [5, 5.41) is 10.3. The van der Waals surface area contributed by atoms with Crippen molar-refractivity contribution in [2.75, 3.05) is 44.7 Å². The lowest BCUT2D eigenvalue weighted by Gasteiger charge is -2.37. The monoisotopic (exact) mass is 319 g/mol. The van der Waals surface area contributed by atoms with Crippen LogP contribution in [-0.2, 0) is 0 Å². The number of hydrogen-bond donors (Lipinski definition) is 1. The van der Waals surface area contributed by atoms with Gasteiger partial charge in [-0.15, -0.1) is 0 Å². The molecule has 0 aromatic heterocycles. The Morgan fingerprint density at radius 1 is 1.22 bits per heavy atom. The van der Waals surface area contributed by atoms with Gasteiger partial charge in [-0.25, -0.2) is 0 Å². The van der Waals surface area contributed by atoms with Crippen LogP contribution in [0.5, 0.6) is 11.5 Å². The molecule has 5 heteroatoms. The van der Waals surface area contributed by atoms with Gasteiger partial charge in [-0.1, -0.05) is 13.8 Å². The van der Waals surface area contributed by atoms with Gasteiger partial charge in [0.25, 0.3) is 0 Å². The van der Waals surface area contributed by atoms with E-state index in [1.165, 1.54) is 0 Å². The summed E-state index contributed by atoms with van der Waals surface area (Å²) in [6, 6.07) is 3.77. The predicted octanol–water partition coefficient (Wildman–Crippen LogP) is 3.29. The van der Waals surface area contributed by atoms with E-state index < -0.39 is 0 Å². The molecular formula is C18H29N3O2. The molecular weight excluding hydrogens is 290 g/mol. The number of piperazine rings is 1. The minimum atomic E-state index is 0.171. The number of ether oxygens (including phenoxy) is 1. The molecule has 128 valence electrons. The van der Waals surface area contributed by atoms with E-state index in [0.29, 0.717) is 17.4 Å². The van der Waals surface area contributed by atoms with E-state index >= 15 is 0 Å². The number of aromatic hydroxyl groups is 1. The number of aliphatic imine (C=N–C) groups is 1. The summed E-state index contributed by atoms with van der Waals surface area (Å²) in [6.07, 6.45) is 0. The van der Waals surface area contributed by atoms with E-state index in [1.807, 2.05) is 19.9 Å². The van der Waals surface area contributed by atoms with Crippen LogP contribution >= 0.6 is 0 Å². The Morgan fingerprint density at radius 3 is 2.39 bits per heavy atom. The topological polar surface area (TPSA) is 48.3 Å². The zero-order chi connectivity index (χ0) is 17.0. The summed E-state index contributed by atoms with van der Waals surface area (Å²) < 4.78 is 5.43. The first-order valence-electron chi connectivity index (χ1n) is 8.31. The lowest BCUT2D eigenvalue weighted by Crippen LogP contribution is -2.47. The van der Waals surface area contributed by atoms with E-state index in [9.17, 15) is 5.11 Å². The van der Waals surface area contributed by atoms with Gasteiger partial charge in [-0.2, -0.15) is 0 Å². The Bertz CT molecular complexity index is 558. The minimum absolute atomic E-state index is 0.171. The van der Waals surface area contributed by atoms with Crippen molar-refractivity contribution in [3.8, 4) is 11.5 Å². The van der Waals surface area contributed by atoms with Gasteiger partial charge in [0.05, 0.1) is 7.11 Å². The molecule has 0 atom stereocenters. The van der Waals surface area contributed by atoms with Gasteiger partial charge >= 0.3 is 0 Å². The first-order chi connectivity index (χ1) is 10.9.